The third-order valence-corrected chi connectivity index (χ3v) is 5.76. The van der Waals surface area contributed by atoms with Crippen LogP contribution in [0.25, 0.3) is 16.8 Å². The molecular weight excluding hydrogens is 405 g/mol. The van der Waals surface area contributed by atoms with Crippen LogP contribution in [0.5, 0.6) is 0 Å². The Kier molecular flexibility index (Phi) is 6.32. The van der Waals surface area contributed by atoms with E-state index in [1.54, 1.807) is 22.7 Å². The Balaban J connectivity index is 1.36. The Labute approximate surface area is 180 Å². The van der Waals surface area contributed by atoms with Gasteiger partial charge in [-0.2, -0.15) is 0 Å². The van der Waals surface area contributed by atoms with Gasteiger partial charge in [0.2, 0.25) is 0 Å². The fourth-order valence-electron chi connectivity index (χ4n) is 3.61. The second-order valence-corrected chi connectivity index (χ2v) is 8.10. The number of fused-ring (bicyclic) bond motifs is 1. The summed E-state index contributed by atoms with van der Waals surface area (Å²) in [7, 11) is 2.14. The number of imidazole rings is 1. The van der Waals surface area contributed by atoms with E-state index in [4.69, 9.17) is 11.6 Å². The van der Waals surface area contributed by atoms with E-state index in [9.17, 15) is 9.18 Å². The molecule has 0 bridgehead atoms. The van der Waals surface area contributed by atoms with Crippen molar-refractivity contribution in [1.82, 2.24) is 24.5 Å². The summed E-state index contributed by atoms with van der Waals surface area (Å²) in [4.78, 5) is 21.6. The van der Waals surface area contributed by atoms with Crippen LogP contribution in [-0.4, -0.2) is 71.4 Å². The molecule has 6 nitrogen and oxygen atoms in total. The number of nitrogens with one attached hydrogen (secondary N) is 1. The minimum Gasteiger partial charge on any atom is -0.351 e. The van der Waals surface area contributed by atoms with Crippen molar-refractivity contribution in [2.45, 2.75) is 6.42 Å². The highest BCUT2D eigenvalue weighted by Gasteiger charge is 2.14. The number of halogens is 2. The highest BCUT2D eigenvalue weighted by Crippen LogP contribution is 2.25. The van der Waals surface area contributed by atoms with Gasteiger partial charge in [-0.25, -0.2) is 9.37 Å². The van der Waals surface area contributed by atoms with Crippen LogP contribution in [0.4, 0.5) is 4.39 Å². The molecule has 1 fully saturated rings. The largest absolute Gasteiger partial charge is 0.351 e. The summed E-state index contributed by atoms with van der Waals surface area (Å²) < 4.78 is 15.2. The first-order valence-electron chi connectivity index (χ1n) is 10.1. The highest BCUT2D eigenvalue weighted by molar-refractivity contribution is 6.31. The molecule has 1 aromatic carbocycles. The number of aromatic nitrogens is 2. The van der Waals surface area contributed by atoms with Gasteiger partial charge in [0.15, 0.2) is 0 Å². The Morgan fingerprint density at radius 3 is 2.67 bits per heavy atom. The molecule has 0 saturated carbocycles. The lowest BCUT2D eigenvalue weighted by molar-refractivity contribution is 0.0945. The van der Waals surface area contributed by atoms with Crippen molar-refractivity contribution in [1.29, 1.82) is 0 Å². The zero-order valence-electron chi connectivity index (χ0n) is 16.9. The Bertz CT molecular complexity index is 1050. The van der Waals surface area contributed by atoms with Gasteiger partial charge >= 0.3 is 0 Å². The summed E-state index contributed by atoms with van der Waals surface area (Å²) in [6.07, 6.45) is 4.48. The molecule has 0 atom stereocenters. The maximum atomic E-state index is 13.4. The molecule has 158 valence electrons. The van der Waals surface area contributed by atoms with Crippen LogP contribution in [0.1, 0.15) is 16.9 Å². The van der Waals surface area contributed by atoms with Crippen molar-refractivity contribution in [2.24, 2.45) is 0 Å². The van der Waals surface area contributed by atoms with Crippen molar-refractivity contribution in [3.63, 3.8) is 0 Å². The second-order valence-electron chi connectivity index (χ2n) is 7.69. The molecule has 1 aliphatic rings. The summed E-state index contributed by atoms with van der Waals surface area (Å²) in [6.45, 7) is 5.97. The molecule has 1 saturated heterocycles. The maximum absolute atomic E-state index is 13.4. The summed E-state index contributed by atoms with van der Waals surface area (Å²) in [5, 5.41) is 3.04. The second kappa shape index (κ2) is 9.12. The zero-order chi connectivity index (χ0) is 21.1. The van der Waals surface area contributed by atoms with Gasteiger partial charge in [0.05, 0.1) is 5.02 Å². The van der Waals surface area contributed by atoms with E-state index in [1.165, 1.54) is 6.07 Å². The summed E-state index contributed by atoms with van der Waals surface area (Å²) in [6, 6.07) is 8.31. The summed E-state index contributed by atoms with van der Waals surface area (Å²) in [5.41, 5.74) is 2.71. The van der Waals surface area contributed by atoms with E-state index in [1.807, 2.05) is 18.3 Å². The molecule has 4 rings (SSSR count). The minimum atomic E-state index is -0.448. The van der Waals surface area contributed by atoms with Crippen LogP contribution in [0.3, 0.4) is 0 Å². The van der Waals surface area contributed by atoms with Crippen LogP contribution in [0.2, 0.25) is 5.02 Å². The molecule has 2 aromatic heterocycles. The Hall–Kier alpha value is -2.48. The van der Waals surface area contributed by atoms with E-state index >= 15 is 0 Å². The molecule has 0 radical (unpaired) electrons. The van der Waals surface area contributed by atoms with E-state index in [2.05, 4.69) is 27.1 Å². The number of carbonyl (C=O) groups is 1. The van der Waals surface area contributed by atoms with Crippen LogP contribution < -0.4 is 5.32 Å². The monoisotopic (exact) mass is 429 g/mol. The minimum absolute atomic E-state index is 0.0786. The molecule has 0 aliphatic carbocycles. The van der Waals surface area contributed by atoms with Gasteiger partial charge in [0.1, 0.15) is 17.2 Å². The number of benzene rings is 1. The lowest BCUT2D eigenvalue weighted by Gasteiger charge is -2.32. The number of hydrogen-bond acceptors (Lipinski definition) is 4. The molecule has 30 heavy (non-hydrogen) atoms. The predicted octanol–water partition coefficient (Wildman–Crippen LogP) is 3.16. The van der Waals surface area contributed by atoms with E-state index in [-0.39, 0.29) is 10.9 Å². The first-order chi connectivity index (χ1) is 14.5. The molecule has 1 aliphatic heterocycles. The third kappa shape index (κ3) is 4.80. The quantitative estimate of drug-likeness (QED) is 0.611. The lowest BCUT2D eigenvalue weighted by Crippen LogP contribution is -2.45. The molecular formula is C22H25ClFN5O. The van der Waals surface area contributed by atoms with Gasteiger partial charge in [-0.15, -0.1) is 0 Å². The molecule has 1 N–H and O–H groups in total. The van der Waals surface area contributed by atoms with Crippen LogP contribution in [0, 0.1) is 5.82 Å². The summed E-state index contributed by atoms with van der Waals surface area (Å²) in [5.74, 6) is -0.626. The Morgan fingerprint density at radius 1 is 1.13 bits per heavy atom. The number of piperazine rings is 1. The first-order valence-corrected chi connectivity index (χ1v) is 10.5. The van der Waals surface area contributed by atoms with E-state index < -0.39 is 5.82 Å². The molecule has 8 heteroatoms. The summed E-state index contributed by atoms with van der Waals surface area (Å²) >= 11 is 5.89. The third-order valence-electron chi connectivity index (χ3n) is 5.47. The van der Waals surface area contributed by atoms with Gasteiger partial charge in [0, 0.05) is 45.1 Å². The molecule has 0 spiro atoms. The fraction of sp³-hybridized carbons (Fsp3) is 0.364. The number of pyridine rings is 1. The van der Waals surface area contributed by atoms with Crippen molar-refractivity contribution in [3.05, 3.63) is 59.3 Å². The topological polar surface area (TPSA) is 52.9 Å². The van der Waals surface area contributed by atoms with Gasteiger partial charge < -0.3 is 19.5 Å². The lowest BCUT2D eigenvalue weighted by atomic mass is 10.1. The van der Waals surface area contributed by atoms with E-state index in [0.717, 1.165) is 50.3 Å². The molecule has 1 amide bonds. The van der Waals surface area contributed by atoms with E-state index in [0.29, 0.717) is 17.9 Å². The molecule has 3 aromatic rings. The fourth-order valence-corrected chi connectivity index (χ4v) is 3.79. The average molecular weight is 430 g/mol. The van der Waals surface area contributed by atoms with Crippen LogP contribution in [-0.2, 0) is 0 Å². The zero-order valence-corrected chi connectivity index (χ0v) is 17.7. The number of nitrogens with zero attached hydrogens (tertiary/aromatic N) is 4. The maximum Gasteiger partial charge on any atom is 0.271 e. The Morgan fingerprint density at radius 2 is 1.90 bits per heavy atom. The number of likely N-dealkylation sites (N-methyl/N-ethyl adjacent to an activating group) is 1. The molecule has 3 heterocycles. The predicted molar refractivity (Wildman–Crippen MR) is 116 cm³/mol. The number of rotatable bonds is 6. The highest BCUT2D eigenvalue weighted by atomic mass is 35.5. The van der Waals surface area contributed by atoms with Crippen LogP contribution >= 0.6 is 11.6 Å². The van der Waals surface area contributed by atoms with Gasteiger partial charge in [0.25, 0.3) is 5.91 Å². The van der Waals surface area contributed by atoms with Gasteiger partial charge in [-0.05, 0) is 55.4 Å². The smallest absolute Gasteiger partial charge is 0.271 e. The number of carbonyl (C=O) groups excluding carboxylic acids is 1. The van der Waals surface area contributed by atoms with Gasteiger partial charge in [-0.3, -0.25) is 4.79 Å². The van der Waals surface area contributed by atoms with Gasteiger partial charge in [-0.1, -0.05) is 17.7 Å². The van der Waals surface area contributed by atoms with Crippen molar-refractivity contribution < 1.29 is 9.18 Å². The van der Waals surface area contributed by atoms with Crippen molar-refractivity contribution in [2.75, 3.05) is 46.3 Å². The first kappa shape index (κ1) is 20.8. The normalized spacial score (nSPS) is 15.6. The average Bonchev–Trinajstić information content (AvgIpc) is 3.18. The number of amides is 1. The van der Waals surface area contributed by atoms with Crippen LogP contribution in [0.15, 0.2) is 42.7 Å². The standard InChI is InChI=1S/C22H25ClFN5O/c1-27-9-11-28(12-10-27)8-2-7-25-22(30)20-15-29-14-17(4-6-21(29)26-20)16-3-5-19(24)18(23)13-16/h3-6,13-15H,2,7-12H2,1H3,(H,25,30). The van der Waals surface area contributed by atoms with Crippen molar-refractivity contribution in [3.8, 4) is 11.1 Å². The molecule has 0 unspecified atom stereocenters. The number of hydrogen-bond donors (Lipinski definition) is 1. The SMILES string of the molecule is CN1CCN(CCCNC(=O)c2cn3cc(-c4ccc(F)c(Cl)c4)ccc3n2)CC1. The van der Waals surface area contributed by atoms with Crippen molar-refractivity contribution >= 4 is 23.2 Å².